The molecule has 3 rings (SSSR count). The Hall–Kier alpha value is -2.46. The van der Waals surface area contributed by atoms with Gasteiger partial charge in [0.1, 0.15) is 0 Å². The van der Waals surface area contributed by atoms with Gasteiger partial charge in [0.15, 0.2) is 0 Å². The summed E-state index contributed by atoms with van der Waals surface area (Å²) in [5, 5.41) is 6.14. The SMILES string of the molecule is Cc1nc(-c2ccc(CCNC(=O)c3ccccc3C)cc2)cs1. The highest BCUT2D eigenvalue weighted by Gasteiger charge is 2.07. The molecule has 0 aliphatic rings. The van der Waals surface area contributed by atoms with E-state index in [2.05, 4.69) is 39.9 Å². The molecule has 0 spiro atoms. The zero-order chi connectivity index (χ0) is 16.9. The lowest BCUT2D eigenvalue weighted by Gasteiger charge is -2.08. The fourth-order valence-electron chi connectivity index (χ4n) is 2.58. The number of aryl methyl sites for hydroxylation is 2. The van der Waals surface area contributed by atoms with Crippen LogP contribution in [0.15, 0.2) is 53.9 Å². The number of rotatable bonds is 5. The third-order valence-electron chi connectivity index (χ3n) is 3.96. The Balaban J connectivity index is 1.55. The van der Waals surface area contributed by atoms with E-state index in [0.29, 0.717) is 6.54 Å². The molecule has 0 saturated carbocycles. The summed E-state index contributed by atoms with van der Waals surface area (Å²) in [6.45, 7) is 4.59. The topological polar surface area (TPSA) is 42.0 Å². The Bertz CT molecular complexity index is 837. The molecule has 0 radical (unpaired) electrons. The van der Waals surface area contributed by atoms with Gasteiger partial charge in [-0.05, 0) is 37.5 Å². The van der Waals surface area contributed by atoms with Crippen LogP contribution in [-0.2, 0) is 6.42 Å². The molecule has 1 N–H and O–H groups in total. The molecule has 24 heavy (non-hydrogen) atoms. The molecular formula is C20H20N2OS. The maximum atomic E-state index is 12.2. The average molecular weight is 336 g/mol. The van der Waals surface area contributed by atoms with Crippen LogP contribution in [0.3, 0.4) is 0 Å². The van der Waals surface area contributed by atoms with E-state index < -0.39 is 0 Å². The molecule has 1 heterocycles. The van der Waals surface area contributed by atoms with Gasteiger partial charge in [-0.2, -0.15) is 0 Å². The second-order valence-electron chi connectivity index (χ2n) is 5.77. The van der Waals surface area contributed by atoms with Gasteiger partial charge in [0.25, 0.3) is 5.91 Å². The Morgan fingerprint density at radius 1 is 1.08 bits per heavy atom. The van der Waals surface area contributed by atoms with E-state index in [-0.39, 0.29) is 5.91 Å². The summed E-state index contributed by atoms with van der Waals surface area (Å²) in [5.74, 6) is -0.0114. The number of nitrogens with one attached hydrogen (secondary N) is 1. The molecule has 1 aromatic heterocycles. The van der Waals surface area contributed by atoms with Crippen molar-refractivity contribution in [2.45, 2.75) is 20.3 Å². The van der Waals surface area contributed by atoms with Gasteiger partial charge in [0.2, 0.25) is 0 Å². The largest absolute Gasteiger partial charge is 0.352 e. The molecule has 0 aliphatic carbocycles. The van der Waals surface area contributed by atoms with Crippen molar-refractivity contribution < 1.29 is 4.79 Å². The minimum Gasteiger partial charge on any atom is -0.352 e. The highest BCUT2D eigenvalue weighted by atomic mass is 32.1. The zero-order valence-corrected chi connectivity index (χ0v) is 14.7. The van der Waals surface area contributed by atoms with E-state index in [1.54, 1.807) is 11.3 Å². The molecule has 4 heteroatoms. The van der Waals surface area contributed by atoms with Gasteiger partial charge in [0, 0.05) is 23.1 Å². The number of hydrogen-bond acceptors (Lipinski definition) is 3. The molecule has 2 aromatic carbocycles. The van der Waals surface area contributed by atoms with Crippen molar-refractivity contribution in [2.75, 3.05) is 6.54 Å². The Kier molecular flexibility index (Phi) is 5.06. The van der Waals surface area contributed by atoms with Crippen molar-refractivity contribution in [1.29, 1.82) is 0 Å². The molecule has 0 fully saturated rings. The lowest BCUT2D eigenvalue weighted by atomic mass is 10.1. The molecule has 3 nitrogen and oxygen atoms in total. The Morgan fingerprint density at radius 2 is 1.83 bits per heavy atom. The van der Waals surface area contributed by atoms with Crippen LogP contribution in [0.25, 0.3) is 11.3 Å². The van der Waals surface area contributed by atoms with Crippen molar-refractivity contribution in [1.82, 2.24) is 10.3 Å². The summed E-state index contributed by atoms with van der Waals surface area (Å²) in [6.07, 6.45) is 0.813. The normalized spacial score (nSPS) is 10.6. The number of carbonyl (C=O) groups excluding carboxylic acids is 1. The maximum Gasteiger partial charge on any atom is 0.251 e. The molecule has 0 aliphatic heterocycles. The maximum absolute atomic E-state index is 12.2. The van der Waals surface area contributed by atoms with Gasteiger partial charge >= 0.3 is 0 Å². The van der Waals surface area contributed by atoms with Gasteiger partial charge in [-0.3, -0.25) is 4.79 Å². The lowest BCUT2D eigenvalue weighted by Crippen LogP contribution is -2.26. The molecule has 122 valence electrons. The molecule has 0 bridgehead atoms. The van der Waals surface area contributed by atoms with Crippen molar-refractivity contribution in [3.8, 4) is 11.3 Å². The first-order valence-electron chi connectivity index (χ1n) is 7.99. The number of hydrogen-bond donors (Lipinski definition) is 1. The van der Waals surface area contributed by atoms with Crippen LogP contribution in [0.4, 0.5) is 0 Å². The summed E-state index contributed by atoms with van der Waals surface area (Å²) in [5.41, 5.74) is 5.10. The predicted molar refractivity (Wildman–Crippen MR) is 99.5 cm³/mol. The van der Waals surface area contributed by atoms with E-state index >= 15 is 0 Å². The smallest absolute Gasteiger partial charge is 0.251 e. The number of thiazole rings is 1. The number of amides is 1. The van der Waals surface area contributed by atoms with Crippen molar-refractivity contribution in [2.24, 2.45) is 0 Å². The molecule has 0 atom stereocenters. The van der Waals surface area contributed by atoms with E-state index in [1.165, 1.54) is 5.56 Å². The van der Waals surface area contributed by atoms with Gasteiger partial charge in [0.05, 0.1) is 10.7 Å². The van der Waals surface area contributed by atoms with Crippen molar-refractivity contribution in [3.63, 3.8) is 0 Å². The monoisotopic (exact) mass is 336 g/mol. The molecule has 1 amide bonds. The van der Waals surface area contributed by atoms with Gasteiger partial charge in [-0.15, -0.1) is 11.3 Å². The molecular weight excluding hydrogens is 316 g/mol. The van der Waals surface area contributed by atoms with Crippen LogP contribution in [0.5, 0.6) is 0 Å². The van der Waals surface area contributed by atoms with E-state index in [1.807, 2.05) is 38.1 Å². The highest BCUT2D eigenvalue weighted by Crippen LogP contribution is 2.21. The van der Waals surface area contributed by atoms with Gasteiger partial charge in [-0.25, -0.2) is 4.98 Å². The fraction of sp³-hybridized carbons (Fsp3) is 0.200. The quantitative estimate of drug-likeness (QED) is 0.750. The van der Waals surface area contributed by atoms with Crippen molar-refractivity contribution in [3.05, 3.63) is 75.6 Å². The van der Waals surface area contributed by atoms with Crippen LogP contribution >= 0.6 is 11.3 Å². The molecule has 0 saturated heterocycles. The zero-order valence-electron chi connectivity index (χ0n) is 13.9. The number of benzene rings is 2. The number of carbonyl (C=O) groups is 1. The summed E-state index contributed by atoms with van der Waals surface area (Å²) in [4.78, 5) is 16.7. The van der Waals surface area contributed by atoms with Crippen LogP contribution in [-0.4, -0.2) is 17.4 Å². The van der Waals surface area contributed by atoms with Crippen molar-refractivity contribution >= 4 is 17.2 Å². The first kappa shape index (κ1) is 16.4. The third-order valence-corrected chi connectivity index (χ3v) is 4.73. The van der Waals surface area contributed by atoms with E-state index in [9.17, 15) is 4.79 Å². The number of nitrogens with zero attached hydrogens (tertiary/aromatic N) is 1. The standard InChI is InChI=1S/C20H20N2OS/c1-14-5-3-4-6-18(14)20(23)21-12-11-16-7-9-17(10-8-16)19-13-24-15(2)22-19/h3-10,13H,11-12H2,1-2H3,(H,21,23). The first-order chi connectivity index (χ1) is 11.6. The average Bonchev–Trinajstić information content (AvgIpc) is 3.02. The van der Waals surface area contributed by atoms with E-state index in [4.69, 9.17) is 0 Å². The summed E-state index contributed by atoms with van der Waals surface area (Å²) in [6, 6.07) is 16.0. The number of aromatic nitrogens is 1. The van der Waals surface area contributed by atoms with Gasteiger partial charge in [-0.1, -0.05) is 42.5 Å². The minimum atomic E-state index is -0.0114. The Morgan fingerprint density at radius 3 is 2.50 bits per heavy atom. The predicted octanol–water partition coefficient (Wildman–Crippen LogP) is 4.40. The minimum absolute atomic E-state index is 0.0114. The summed E-state index contributed by atoms with van der Waals surface area (Å²) < 4.78 is 0. The first-order valence-corrected chi connectivity index (χ1v) is 8.87. The molecule has 3 aromatic rings. The highest BCUT2D eigenvalue weighted by molar-refractivity contribution is 7.09. The Labute approximate surface area is 146 Å². The summed E-state index contributed by atoms with van der Waals surface area (Å²) in [7, 11) is 0. The summed E-state index contributed by atoms with van der Waals surface area (Å²) >= 11 is 1.66. The molecule has 0 unspecified atom stereocenters. The van der Waals surface area contributed by atoms with Crippen LogP contribution in [0.2, 0.25) is 0 Å². The van der Waals surface area contributed by atoms with Crippen LogP contribution in [0.1, 0.15) is 26.5 Å². The van der Waals surface area contributed by atoms with Crippen LogP contribution in [0, 0.1) is 13.8 Å². The van der Waals surface area contributed by atoms with E-state index in [0.717, 1.165) is 33.8 Å². The second-order valence-corrected chi connectivity index (χ2v) is 6.83. The lowest BCUT2D eigenvalue weighted by molar-refractivity contribution is 0.0953. The fourth-order valence-corrected chi connectivity index (χ4v) is 3.20. The van der Waals surface area contributed by atoms with Gasteiger partial charge < -0.3 is 5.32 Å². The third kappa shape index (κ3) is 3.89. The van der Waals surface area contributed by atoms with Crippen LogP contribution < -0.4 is 5.32 Å². The second kappa shape index (κ2) is 7.41.